The van der Waals surface area contributed by atoms with E-state index in [1.165, 1.54) is 5.39 Å². The first-order valence-electron chi connectivity index (χ1n) is 16.1. The highest BCUT2D eigenvalue weighted by Crippen LogP contribution is 2.37. The summed E-state index contributed by atoms with van der Waals surface area (Å²) in [6.45, 7) is 2.83. The number of fused-ring (bicyclic) bond motifs is 5. The van der Waals surface area contributed by atoms with Crippen molar-refractivity contribution in [1.29, 1.82) is 0 Å². The highest BCUT2D eigenvalue weighted by Gasteiger charge is 2.18. The van der Waals surface area contributed by atoms with Gasteiger partial charge < -0.3 is 26.7 Å². The third-order valence-electron chi connectivity index (χ3n) is 8.19. The van der Waals surface area contributed by atoms with Crippen molar-refractivity contribution in [3.05, 3.63) is 180 Å². The van der Waals surface area contributed by atoms with Gasteiger partial charge in [0, 0.05) is 65.0 Å². The van der Waals surface area contributed by atoms with Gasteiger partial charge in [-0.15, -0.1) is 0 Å². The highest BCUT2D eigenvalue weighted by atomic mass is 15.0. The lowest BCUT2D eigenvalue weighted by Crippen LogP contribution is -2.10. The van der Waals surface area contributed by atoms with Crippen LogP contribution in [0.15, 0.2) is 163 Å². The van der Waals surface area contributed by atoms with Crippen molar-refractivity contribution in [1.82, 2.24) is 15.2 Å². The Labute approximate surface area is 277 Å². The van der Waals surface area contributed by atoms with Crippen LogP contribution in [-0.4, -0.2) is 11.1 Å². The maximum atomic E-state index is 6.54. The van der Waals surface area contributed by atoms with Gasteiger partial charge in [0.1, 0.15) is 0 Å². The molecule has 0 unspecified atom stereocenters. The Morgan fingerprint density at radius 1 is 0.830 bits per heavy atom. The monoisotopic (exact) mass is 615 g/mol. The van der Waals surface area contributed by atoms with Crippen LogP contribution in [0.3, 0.4) is 0 Å². The van der Waals surface area contributed by atoms with Gasteiger partial charge in [-0.1, -0.05) is 97.1 Å². The van der Waals surface area contributed by atoms with Crippen molar-refractivity contribution in [3.63, 3.8) is 0 Å². The van der Waals surface area contributed by atoms with Crippen LogP contribution in [0, 0.1) is 0 Å². The molecule has 0 bridgehead atoms. The summed E-state index contributed by atoms with van der Waals surface area (Å²) in [6, 6.07) is 21.5. The van der Waals surface area contributed by atoms with Crippen molar-refractivity contribution < 1.29 is 0 Å². The molecule has 4 aromatic rings. The molecule has 0 saturated heterocycles. The number of dihydropyridines is 1. The van der Waals surface area contributed by atoms with Crippen molar-refractivity contribution in [2.24, 2.45) is 11.5 Å². The first-order valence-corrected chi connectivity index (χ1v) is 16.1. The summed E-state index contributed by atoms with van der Waals surface area (Å²) >= 11 is 0. The molecule has 0 aliphatic carbocycles. The Kier molecular flexibility index (Phi) is 9.84. The number of aromatic nitrogens is 1. The molecule has 3 aromatic carbocycles. The van der Waals surface area contributed by atoms with Crippen molar-refractivity contribution in [3.8, 4) is 5.69 Å². The molecule has 0 radical (unpaired) electrons. The minimum absolute atomic E-state index is 0.671. The maximum absolute atomic E-state index is 6.54. The van der Waals surface area contributed by atoms with Crippen LogP contribution < -0.4 is 22.1 Å². The molecule has 47 heavy (non-hydrogen) atoms. The van der Waals surface area contributed by atoms with E-state index < -0.39 is 0 Å². The largest absolute Gasteiger partial charge is 0.402 e. The molecule has 5 nitrogen and oxygen atoms in total. The van der Waals surface area contributed by atoms with Crippen LogP contribution in [0.25, 0.3) is 45.2 Å². The number of para-hydroxylation sites is 1. The summed E-state index contributed by atoms with van der Waals surface area (Å²) in [5, 5.41) is 10.2. The predicted octanol–water partition coefficient (Wildman–Crippen LogP) is 8.91. The molecule has 0 fully saturated rings. The zero-order chi connectivity index (χ0) is 32.4. The van der Waals surface area contributed by atoms with Crippen molar-refractivity contribution >= 4 is 39.5 Å². The number of benzene rings is 3. The van der Waals surface area contributed by atoms with E-state index in [2.05, 4.69) is 131 Å². The van der Waals surface area contributed by atoms with Gasteiger partial charge in [0.15, 0.2) is 0 Å². The molecular formula is C42H41N5. The summed E-state index contributed by atoms with van der Waals surface area (Å²) in [6.07, 6.45) is 34.7. The lowest BCUT2D eigenvalue weighted by atomic mass is 10.0. The van der Waals surface area contributed by atoms with Gasteiger partial charge in [0.05, 0.1) is 11.2 Å². The smallest absolute Gasteiger partial charge is 0.0619 e. The molecule has 5 heteroatoms. The lowest BCUT2D eigenvalue weighted by molar-refractivity contribution is 0.957. The van der Waals surface area contributed by atoms with Crippen LogP contribution in [0.2, 0.25) is 0 Å². The van der Waals surface area contributed by atoms with Gasteiger partial charge in [0.25, 0.3) is 0 Å². The third-order valence-corrected chi connectivity index (χ3v) is 8.19. The molecule has 6 rings (SSSR count). The molecule has 0 amide bonds. The van der Waals surface area contributed by atoms with E-state index in [-0.39, 0.29) is 0 Å². The minimum Gasteiger partial charge on any atom is -0.402 e. The standard InChI is InChI=1S/C42H41N5/c1-2-3-15-35(43)16-10-11-19-40(44)32-22-23-37-31(28-32)21-24-39-38-25-27-46-30-33(34-14-12-26-45-29-34)13-6-4-9-20-41(38)47(42(37)39)36-17-7-5-8-18-36/h2-3,5-15,17-25,27-30,45-46H,4,16,26,43-44H2,1H3/b3-2-,11-10-,13-6-,20-9+,27-25-,33-30+,35-15-,40-19-. The summed E-state index contributed by atoms with van der Waals surface area (Å²) in [5.74, 6) is 0. The topological polar surface area (TPSA) is 81.0 Å². The first-order chi connectivity index (χ1) is 23.1. The molecule has 3 heterocycles. The molecule has 0 saturated carbocycles. The van der Waals surface area contributed by atoms with Crippen molar-refractivity contribution in [2.45, 2.75) is 19.8 Å². The Morgan fingerprint density at radius 2 is 1.64 bits per heavy atom. The lowest BCUT2D eigenvalue weighted by Gasteiger charge is -2.12. The van der Waals surface area contributed by atoms with E-state index in [1.54, 1.807) is 0 Å². The second kappa shape index (κ2) is 14.9. The SMILES string of the molecule is C/C=C\C=C(/N)C/C=C\C=C(/N)c1ccc2c(ccc3c4c(n(-c5ccccc5)c32)/C=C/C/C=C\C(C2=CNCC=C2)=C/N/C=C\4)c1. The Bertz CT molecular complexity index is 2070. The third kappa shape index (κ3) is 7.15. The van der Waals surface area contributed by atoms with Crippen LogP contribution >= 0.6 is 0 Å². The number of nitrogens with zero attached hydrogens (tertiary/aromatic N) is 1. The summed E-state index contributed by atoms with van der Waals surface area (Å²) in [5.41, 5.74) is 21.9. The van der Waals surface area contributed by atoms with Gasteiger partial charge in [0.2, 0.25) is 0 Å². The van der Waals surface area contributed by atoms with Gasteiger partial charge in [-0.25, -0.2) is 0 Å². The van der Waals surface area contributed by atoms with Crippen LogP contribution in [0.4, 0.5) is 0 Å². The van der Waals surface area contributed by atoms with Gasteiger partial charge >= 0.3 is 0 Å². The zero-order valence-corrected chi connectivity index (χ0v) is 26.7. The maximum Gasteiger partial charge on any atom is 0.0619 e. The van der Waals surface area contributed by atoms with Crippen LogP contribution in [0.5, 0.6) is 0 Å². The van der Waals surface area contributed by atoms with E-state index in [0.717, 1.165) is 68.6 Å². The number of nitrogens with two attached hydrogens (primary N) is 2. The van der Waals surface area contributed by atoms with Gasteiger partial charge in [-0.2, -0.15) is 0 Å². The quantitative estimate of drug-likeness (QED) is 0.157. The number of nitrogens with one attached hydrogen (secondary N) is 2. The van der Waals surface area contributed by atoms with E-state index >= 15 is 0 Å². The fraction of sp³-hybridized carbons (Fsp3) is 0.0952. The summed E-state index contributed by atoms with van der Waals surface area (Å²) in [4.78, 5) is 0. The molecular weight excluding hydrogens is 574 g/mol. The van der Waals surface area contributed by atoms with Crippen molar-refractivity contribution in [2.75, 3.05) is 6.54 Å². The molecule has 0 atom stereocenters. The molecule has 6 N–H and O–H groups in total. The number of rotatable bonds is 7. The van der Waals surface area contributed by atoms with E-state index in [0.29, 0.717) is 12.1 Å². The first kappa shape index (κ1) is 31.1. The second-order valence-corrected chi connectivity index (χ2v) is 11.4. The van der Waals surface area contributed by atoms with Gasteiger partial charge in [-0.3, -0.25) is 0 Å². The Morgan fingerprint density at radius 3 is 2.47 bits per heavy atom. The number of hydrogen-bond acceptors (Lipinski definition) is 4. The molecule has 234 valence electrons. The predicted molar refractivity (Wildman–Crippen MR) is 202 cm³/mol. The number of hydrogen-bond donors (Lipinski definition) is 4. The Balaban J connectivity index is 1.43. The summed E-state index contributed by atoms with van der Waals surface area (Å²) in [7, 11) is 0. The van der Waals surface area contributed by atoms with Crippen LogP contribution in [0.1, 0.15) is 36.6 Å². The molecule has 2 aliphatic rings. The van der Waals surface area contributed by atoms with Gasteiger partial charge in [-0.05, 0) is 77.9 Å². The molecule has 2 aliphatic heterocycles. The Hall–Kier alpha value is -5.94. The summed E-state index contributed by atoms with van der Waals surface area (Å²) < 4.78 is 2.38. The fourth-order valence-electron chi connectivity index (χ4n) is 5.88. The molecule has 0 spiro atoms. The minimum atomic E-state index is 0.671. The zero-order valence-electron chi connectivity index (χ0n) is 26.7. The average Bonchev–Trinajstić information content (AvgIpc) is 3.42. The normalized spacial score (nSPS) is 18.9. The van der Waals surface area contributed by atoms with E-state index in [9.17, 15) is 0 Å². The number of allylic oxidation sites excluding steroid dienone is 12. The average molecular weight is 616 g/mol. The van der Waals surface area contributed by atoms with E-state index in [4.69, 9.17) is 11.5 Å². The second-order valence-electron chi connectivity index (χ2n) is 11.4. The highest BCUT2D eigenvalue weighted by molar-refractivity contribution is 6.11. The fourth-order valence-corrected chi connectivity index (χ4v) is 5.88. The van der Waals surface area contributed by atoms with E-state index in [1.807, 2.05) is 49.6 Å². The molecule has 1 aromatic heterocycles. The van der Waals surface area contributed by atoms with Crippen LogP contribution in [-0.2, 0) is 0 Å².